The van der Waals surface area contributed by atoms with Gasteiger partial charge in [-0.3, -0.25) is 9.59 Å². The Balaban J connectivity index is 3.15. The minimum atomic E-state index is -0.824. The molecule has 4 nitrogen and oxygen atoms in total. The van der Waals surface area contributed by atoms with Crippen molar-refractivity contribution in [1.82, 2.24) is 0 Å². The second kappa shape index (κ2) is 8.39. The molecule has 1 aromatic rings. The molecule has 0 fully saturated rings. The summed E-state index contributed by atoms with van der Waals surface area (Å²) in [5, 5.41) is 0.533. The van der Waals surface area contributed by atoms with E-state index in [-0.39, 0.29) is 13.2 Å². The lowest BCUT2D eigenvalue weighted by Gasteiger charge is -2.20. The van der Waals surface area contributed by atoms with Crippen molar-refractivity contribution in [2.75, 3.05) is 13.2 Å². The van der Waals surface area contributed by atoms with E-state index in [1.165, 1.54) is 0 Å². The SMILES string of the molecule is CCOC(=O)[C@@H](Br)[C@@H](C(=O)OCC)c1ccc(C)c(Cl)c1. The van der Waals surface area contributed by atoms with Gasteiger partial charge in [0.2, 0.25) is 0 Å². The third kappa shape index (κ3) is 4.71. The fourth-order valence-corrected chi connectivity index (χ4v) is 2.66. The first-order valence-corrected chi connectivity index (χ1v) is 7.95. The molecule has 0 saturated heterocycles. The van der Waals surface area contributed by atoms with Crippen LogP contribution < -0.4 is 0 Å². The molecular weight excluding hydrogens is 360 g/mol. The van der Waals surface area contributed by atoms with E-state index in [0.717, 1.165) is 5.56 Å². The summed E-state index contributed by atoms with van der Waals surface area (Å²) in [6.07, 6.45) is 0. The van der Waals surface area contributed by atoms with E-state index in [2.05, 4.69) is 15.9 Å². The lowest BCUT2D eigenvalue weighted by molar-refractivity contribution is -0.150. The van der Waals surface area contributed by atoms with Crippen LogP contribution in [0.2, 0.25) is 5.02 Å². The largest absolute Gasteiger partial charge is 0.465 e. The molecule has 2 atom stereocenters. The number of hydrogen-bond acceptors (Lipinski definition) is 4. The van der Waals surface area contributed by atoms with Crippen molar-refractivity contribution < 1.29 is 19.1 Å². The number of alkyl halides is 1. The fraction of sp³-hybridized carbons (Fsp3) is 0.467. The highest BCUT2D eigenvalue weighted by atomic mass is 79.9. The number of aryl methyl sites for hydroxylation is 1. The first-order valence-electron chi connectivity index (χ1n) is 6.65. The number of carbonyl (C=O) groups is 2. The number of hydrogen-bond donors (Lipinski definition) is 0. The summed E-state index contributed by atoms with van der Waals surface area (Å²) >= 11 is 9.34. The lowest BCUT2D eigenvalue weighted by Crippen LogP contribution is -2.31. The molecule has 6 heteroatoms. The van der Waals surface area contributed by atoms with Crippen LogP contribution in [0.4, 0.5) is 0 Å². The summed E-state index contributed by atoms with van der Waals surface area (Å²) in [6.45, 7) is 5.76. The number of esters is 2. The maximum Gasteiger partial charge on any atom is 0.320 e. The zero-order chi connectivity index (χ0) is 16.0. The van der Waals surface area contributed by atoms with Crippen molar-refractivity contribution in [3.8, 4) is 0 Å². The van der Waals surface area contributed by atoms with Crippen LogP contribution >= 0.6 is 27.5 Å². The maximum absolute atomic E-state index is 12.2. The predicted molar refractivity (Wildman–Crippen MR) is 84.9 cm³/mol. The van der Waals surface area contributed by atoms with Gasteiger partial charge in [-0.1, -0.05) is 39.7 Å². The Morgan fingerprint density at radius 2 is 1.76 bits per heavy atom. The van der Waals surface area contributed by atoms with E-state index >= 15 is 0 Å². The number of ether oxygens (including phenoxy) is 2. The monoisotopic (exact) mass is 376 g/mol. The molecule has 0 aliphatic carbocycles. The van der Waals surface area contributed by atoms with Crippen LogP contribution in [0.1, 0.15) is 30.9 Å². The van der Waals surface area contributed by atoms with Crippen molar-refractivity contribution in [1.29, 1.82) is 0 Å². The smallest absolute Gasteiger partial charge is 0.320 e. The van der Waals surface area contributed by atoms with Crippen molar-refractivity contribution in [3.63, 3.8) is 0 Å². The minimum Gasteiger partial charge on any atom is -0.465 e. The van der Waals surface area contributed by atoms with Gasteiger partial charge in [0, 0.05) is 5.02 Å². The molecule has 1 aromatic carbocycles. The Morgan fingerprint density at radius 1 is 1.19 bits per heavy atom. The molecule has 0 radical (unpaired) electrons. The van der Waals surface area contributed by atoms with Crippen LogP contribution in [0.25, 0.3) is 0 Å². The van der Waals surface area contributed by atoms with Crippen LogP contribution in [0.15, 0.2) is 18.2 Å². The summed E-state index contributed by atoms with van der Waals surface area (Å²) in [6, 6.07) is 5.23. The molecule has 0 aliphatic rings. The van der Waals surface area contributed by atoms with Gasteiger partial charge in [-0.2, -0.15) is 0 Å². The molecule has 0 spiro atoms. The van der Waals surface area contributed by atoms with Gasteiger partial charge in [-0.05, 0) is 38.0 Å². The van der Waals surface area contributed by atoms with Crippen molar-refractivity contribution >= 4 is 39.5 Å². The highest BCUT2D eigenvalue weighted by Gasteiger charge is 2.35. The number of carbonyl (C=O) groups excluding carboxylic acids is 2. The van der Waals surface area contributed by atoms with Crippen LogP contribution in [-0.4, -0.2) is 30.0 Å². The molecule has 21 heavy (non-hydrogen) atoms. The van der Waals surface area contributed by atoms with Gasteiger partial charge in [0.1, 0.15) is 10.7 Å². The van der Waals surface area contributed by atoms with Gasteiger partial charge < -0.3 is 9.47 Å². The summed E-state index contributed by atoms with van der Waals surface area (Å²) in [4.78, 5) is 23.3. The third-order valence-corrected chi connectivity index (χ3v) is 4.21. The molecule has 0 aliphatic heterocycles. The molecule has 0 N–H and O–H groups in total. The number of halogens is 2. The van der Waals surface area contributed by atoms with Crippen molar-refractivity contribution in [2.24, 2.45) is 0 Å². The zero-order valence-corrected chi connectivity index (χ0v) is 14.5. The standard InChI is InChI=1S/C15H18BrClO4/c1-4-20-14(18)12(13(16)15(19)21-5-2)10-7-6-9(3)11(17)8-10/h6-8,12-13H,4-5H2,1-3H3/t12-,13-/m0/s1. The first kappa shape index (κ1) is 18.0. The molecule has 0 heterocycles. The van der Waals surface area contributed by atoms with Crippen LogP contribution in [0.3, 0.4) is 0 Å². The van der Waals surface area contributed by atoms with Crippen LogP contribution in [-0.2, 0) is 19.1 Å². The Labute approximate surface area is 137 Å². The van der Waals surface area contributed by atoms with Gasteiger partial charge in [0.25, 0.3) is 0 Å². The predicted octanol–water partition coefficient (Wildman–Crippen LogP) is 3.62. The molecule has 0 amide bonds. The molecule has 116 valence electrons. The third-order valence-electron chi connectivity index (χ3n) is 2.90. The molecule has 0 bridgehead atoms. The van der Waals surface area contributed by atoms with Gasteiger partial charge in [-0.15, -0.1) is 0 Å². The van der Waals surface area contributed by atoms with Crippen molar-refractivity contribution in [2.45, 2.75) is 31.5 Å². The summed E-state index contributed by atoms with van der Waals surface area (Å²) < 4.78 is 10.0. The minimum absolute atomic E-state index is 0.234. The zero-order valence-electron chi connectivity index (χ0n) is 12.2. The Morgan fingerprint density at radius 3 is 2.29 bits per heavy atom. The highest BCUT2D eigenvalue weighted by Crippen LogP contribution is 2.30. The molecule has 0 unspecified atom stereocenters. The Bertz CT molecular complexity index is 518. The number of rotatable bonds is 6. The van der Waals surface area contributed by atoms with E-state index < -0.39 is 22.7 Å². The van der Waals surface area contributed by atoms with Gasteiger partial charge >= 0.3 is 11.9 Å². The fourth-order valence-electron chi connectivity index (χ4n) is 1.82. The summed E-state index contributed by atoms with van der Waals surface area (Å²) in [5.74, 6) is -1.80. The second-order valence-electron chi connectivity index (χ2n) is 4.39. The Kier molecular flexibility index (Phi) is 7.18. The quantitative estimate of drug-likeness (QED) is 0.561. The normalized spacial score (nSPS) is 13.4. The summed E-state index contributed by atoms with van der Waals surface area (Å²) in [7, 11) is 0. The van der Waals surface area contributed by atoms with Gasteiger partial charge in [-0.25, -0.2) is 0 Å². The van der Waals surface area contributed by atoms with Crippen LogP contribution in [0, 0.1) is 6.92 Å². The first-order chi connectivity index (χ1) is 9.92. The van der Waals surface area contributed by atoms with E-state index in [0.29, 0.717) is 10.6 Å². The Hall–Kier alpha value is -1.07. The molecule has 0 saturated carbocycles. The van der Waals surface area contributed by atoms with E-state index in [1.54, 1.807) is 32.0 Å². The highest BCUT2D eigenvalue weighted by molar-refractivity contribution is 9.10. The average Bonchev–Trinajstić information content (AvgIpc) is 2.43. The molecule has 0 aromatic heterocycles. The van der Waals surface area contributed by atoms with E-state index in [1.807, 2.05) is 6.92 Å². The second-order valence-corrected chi connectivity index (χ2v) is 5.79. The topological polar surface area (TPSA) is 52.6 Å². The van der Waals surface area contributed by atoms with E-state index in [4.69, 9.17) is 21.1 Å². The molecular formula is C15H18BrClO4. The molecule has 1 rings (SSSR count). The van der Waals surface area contributed by atoms with Gasteiger partial charge in [0.15, 0.2) is 0 Å². The van der Waals surface area contributed by atoms with Crippen LogP contribution in [0.5, 0.6) is 0 Å². The van der Waals surface area contributed by atoms with Gasteiger partial charge in [0.05, 0.1) is 13.2 Å². The maximum atomic E-state index is 12.2. The van der Waals surface area contributed by atoms with Crippen molar-refractivity contribution in [3.05, 3.63) is 34.3 Å². The van der Waals surface area contributed by atoms with E-state index in [9.17, 15) is 9.59 Å². The summed E-state index contributed by atoms with van der Waals surface area (Å²) in [5.41, 5.74) is 1.50. The average molecular weight is 378 g/mol. The lowest BCUT2D eigenvalue weighted by atomic mass is 9.95. The number of benzene rings is 1.